The summed E-state index contributed by atoms with van der Waals surface area (Å²) in [6.07, 6.45) is 1.33. The van der Waals surface area contributed by atoms with Gasteiger partial charge in [-0.05, 0) is 31.2 Å². The Labute approximate surface area is 154 Å². The number of hydrogen-bond donors (Lipinski definition) is 0. The van der Waals surface area contributed by atoms with Crippen LogP contribution in [0, 0.1) is 25.7 Å². The van der Waals surface area contributed by atoms with E-state index in [0.717, 1.165) is 42.2 Å². The average molecular weight is 375 g/mol. The molecule has 2 aliphatic heterocycles. The molecule has 0 spiro atoms. The highest BCUT2D eigenvalue weighted by molar-refractivity contribution is 7.88. The van der Waals surface area contributed by atoms with E-state index < -0.39 is 10.0 Å². The number of aryl methyl sites for hydroxylation is 2. The third kappa shape index (κ3) is 3.08. The first-order valence-electron chi connectivity index (χ1n) is 9.00. The van der Waals surface area contributed by atoms with E-state index in [1.54, 1.807) is 4.31 Å². The van der Waals surface area contributed by atoms with Gasteiger partial charge in [-0.1, -0.05) is 35.5 Å². The third-order valence-electron chi connectivity index (χ3n) is 5.83. The van der Waals surface area contributed by atoms with Crippen LogP contribution in [0.25, 0.3) is 0 Å². The topological polar surface area (TPSA) is 66.7 Å². The normalized spacial score (nSPS) is 27.1. The summed E-state index contributed by atoms with van der Waals surface area (Å²) in [6.45, 7) is 7.13. The van der Waals surface area contributed by atoms with Crippen LogP contribution < -0.4 is 0 Å². The van der Waals surface area contributed by atoms with Crippen LogP contribution in [0.1, 0.15) is 28.6 Å². The molecule has 0 N–H and O–H groups in total. The monoisotopic (exact) mass is 375 g/mol. The maximum absolute atomic E-state index is 12.4. The van der Waals surface area contributed by atoms with Gasteiger partial charge in [0.15, 0.2) is 0 Å². The van der Waals surface area contributed by atoms with Gasteiger partial charge in [-0.25, -0.2) is 8.42 Å². The van der Waals surface area contributed by atoms with Crippen molar-refractivity contribution in [3.63, 3.8) is 0 Å². The molecule has 0 amide bonds. The van der Waals surface area contributed by atoms with Crippen molar-refractivity contribution in [3.05, 3.63) is 52.9 Å². The minimum atomic E-state index is -3.23. The molecule has 140 valence electrons. The lowest BCUT2D eigenvalue weighted by atomic mass is 9.90. The number of fused-ring (bicyclic) bond motifs is 1. The molecule has 1 aromatic carbocycles. The molecule has 3 heterocycles. The molecular formula is C19H25N3O3S. The smallest absolute Gasteiger partial charge is 0.211 e. The zero-order chi connectivity index (χ0) is 18.5. The Morgan fingerprint density at radius 2 is 1.88 bits per heavy atom. The summed E-state index contributed by atoms with van der Waals surface area (Å²) in [5.74, 6) is 1.54. The lowest BCUT2D eigenvalue weighted by Crippen LogP contribution is -2.35. The second-order valence-electron chi connectivity index (χ2n) is 7.61. The summed E-state index contributed by atoms with van der Waals surface area (Å²) in [4.78, 5) is 2.41. The molecule has 4 rings (SSSR count). The van der Waals surface area contributed by atoms with Crippen LogP contribution in [0.2, 0.25) is 0 Å². The van der Waals surface area contributed by atoms with Crippen molar-refractivity contribution in [2.24, 2.45) is 11.8 Å². The number of benzene rings is 1. The predicted octanol–water partition coefficient (Wildman–Crippen LogP) is 2.36. The minimum Gasteiger partial charge on any atom is -0.361 e. The molecule has 1 aromatic heterocycles. The van der Waals surface area contributed by atoms with Gasteiger partial charge in [-0.3, -0.25) is 4.90 Å². The quantitative estimate of drug-likeness (QED) is 0.821. The Morgan fingerprint density at radius 1 is 1.15 bits per heavy atom. The molecule has 26 heavy (non-hydrogen) atoms. The van der Waals surface area contributed by atoms with E-state index in [2.05, 4.69) is 10.1 Å². The van der Waals surface area contributed by atoms with E-state index in [1.807, 2.05) is 44.2 Å². The molecule has 3 atom stereocenters. The fraction of sp³-hybridized carbons (Fsp3) is 0.526. The van der Waals surface area contributed by atoms with Crippen LogP contribution in [-0.2, 0) is 16.6 Å². The first-order chi connectivity index (χ1) is 12.3. The Hall–Kier alpha value is -1.70. The van der Waals surface area contributed by atoms with Crippen molar-refractivity contribution in [1.82, 2.24) is 14.4 Å². The van der Waals surface area contributed by atoms with E-state index in [0.29, 0.717) is 18.4 Å². The number of hydrogen-bond acceptors (Lipinski definition) is 5. The second-order valence-corrected chi connectivity index (χ2v) is 9.54. The van der Waals surface area contributed by atoms with Crippen molar-refractivity contribution in [1.29, 1.82) is 0 Å². The standard InChI is InChI=1S/C19H25N3O3S/c1-13-17(14(2)25-20-13)11-21-9-16-10-22(26(3,23)24)19(18(16)12-21)15-7-5-4-6-8-15/h4-8,16,18-19H,9-12H2,1-3H3/t16-,18-,19+/m1/s1. The van der Waals surface area contributed by atoms with E-state index in [9.17, 15) is 8.42 Å². The Kier molecular flexibility index (Phi) is 4.41. The molecule has 0 bridgehead atoms. The highest BCUT2D eigenvalue weighted by Crippen LogP contribution is 2.46. The molecule has 0 unspecified atom stereocenters. The lowest BCUT2D eigenvalue weighted by molar-refractivity contribution is 0.259. The van der Waals surface area contributed by atoms with Crippen LogP contribution in [0.4, 0.5) is 0 Å². The van der Waals surface area contributed by atoms with Gasteiger partial charge in [0.25, 0.3) is 0 Å². The molecule has 0 saturated carbocycles. The molecule has 2 fully saturated rings. The maximum Gasteiger partial charge on any atom is 0.211 e. The number of nitrogens with zero attached hydrogens (tertiary/aromatic N) is 3. The van der Waals surface area contributed by atoms with E-state index >= 15 is 0 Å². The third-order valence-corrected chi connectivity index (χ3v) is 7.06. The van der Waals surface area contributed by atoms with Crippen LogP contribution >= 0.6 is 0 Å². The van der Waals surface area contributed by atoms with Gasteiger partial charge in [0.1, 0.15) is 5.76 Å². The number of rotatable bonds is 4. The Balaban J connectivity index is 1.59. The highest BCUT2D eigenvalue weighted by atomic mass is 32.2. The van der Waals surface area contributed by atoms with Crippen molar-refractivity contribution < 1.29 is 12.9 Å². The first kappa shape index (κ1) is 17.7. The van der Waals surface area contributed by atoms with Gasteiger partial charge in [-0.15, -0.1) is 0 Å². The van der Waals surface area contributed by atoms with Gasteiger partial charge >= 0.3 is 0 Å². The largest absolute Gasteiger partial charge is 0.361 e. The molecule has 2 aromatic rings. The SMILES string of the molecule is Cc1noc(C)c1CN1C[C@@H]2CN(S(C)(=O)=O)[C@@H](c3ccccc3)[C@@H]2C1. The van der Waals surface area contributed by atoms with E-state index in [-0.39, 0.29) is 6.04 Å². The van der Waals surface area contributed by atoms with Crippen LogP contribution in [-0.4, -0.2) is 48.7 Å². The predicted molar refractivity (Wildman–Crippen MR) is 99.0 cm³/mol. The minimum absolute atomic E-state index is 0.0779. The summed E-state index contributed by atoms with van der Waals surface area (Å²) < 4.78 is 31.7. The molecule has 0 radical (unpaired) electrons. The van der Waals surface area contributed by atoms with E-state index in [1.165, 1.54) is 6.26 Å². The lowest BCUT2D eigenvalue weighted by Gasteiger charge is -2.28. The second kappa shape index (κ2) is 6.48. The summed E-state index contributed by atoms with van der Waals surface area (Å²) in [5, 5.41) is 4.05. The Morgan fingerprint density at radius 3 is 2.50 bits per heavy atom. The molecule has 6 nitrogen and oxygen atoms in total. The van der Waals surface area contributed by atoms with Crippen molar-refractivity contribution >= 4 is 10.0 Å². The van der Waals surface area contributed by atoms with Crippen LogP contribution in [0.3, 0.4) is 0 Å². The van der Waals surface area contributed by atoms with Gasteiger partial charge in [-0.2, -0.15) is 4.31 Å². The molecular weight excluding hydrogens is 350 g/mol. The van der Waals surface area contributed by atoms with Gasteiger partial charge in [0, 0.05) is 31.7 Å². The van der Waals surface area contributed by atoms with Gasteiger partial charge in [0.05, 0.1) is 18.0 Å². The van der Waals surface area contributed by atoms with Gasteiger partial charge in [0.2, 0.25) is 10.0 Å². The average Bonchev–Trinajstić information content (AvgIpc) is 3.23. The fourth-order valence-electron chi connectivity index (χ4n) is 4.58. The molecule has 2 saturated heterocycles. The molecule has 7 heteroatoms. The summed E-state index contributed by atoms with van der Waals surface area (Å²) in [6, 6.07) is 9.95. The summed E-state index contributed by atoms with van der Waals surface area (Å²) >= 11 is 0. The first-order valence-corrected chi connectivity index (χ1v) is 10.9. The van der Waals surface area contributed by atoms with E-state index in [4.69, 9.17) is 4.52 Å². The zero-order valence-electron chi connectivity index (χ0n) is 15.4. The maximum atomic E-state index is 12.4. The molecule has 0 aliphatic carbocycles. The Bertz CT molecular complexity index is 875. The van der Waals surface area contributed by atoms with Crippen molar-refractivity contribution in [3.8, 4) is 0 Å². The van der Waals surface area contributed by atoms with Crippen molar-refractivity contribution in [2.45, 2.75) is 26.4 Å². The van der Waals surface area contributed by atoms with Crippen molar-refractivity contribution in [2.75, 3.05) is 25.9 Å². The number of likely N-dealkylation sites (tertiary alicyclic amines) is 1. The zero-order valence-corrected chi connectivity index (χ0v) is 16.2. The van der Waals surface area contributed by atoms with Crippen LogP contribution in [0.15, 0.2) is 34.9 Å². The number of sulfonamides is 1. The summed E-state index contributed by atoms with van der Waals surface area (Å²) in [5.41, 5.74) is 3.18. The number of aromatic nitrogens is 1. The highest BCUT2D eigenvalue weighted by Gasteiger charge is 2.50. The fourth-order valence-corrected chi connectivity index (χ4v) is 5.74. The summed E-state index contributed by atoms with van der Waals surface area (Å²) in [7, 11) is -3.23. The van der Waals surface area contributed by atoms with Gasteiger partial charge < -0.3 is 4.52 Å². The molecule has 2 aliphatic rings. The van der Waals surface area contributed by atoms with Crippen LogP contribution in [0.5, 0.6) is 0 Å².